The van der Waals surface area contributed by atoms with Gasteiger partial charge in [-0.2, -0.15) is 0 Å². The van der Waals surface area contributed by atoms with Crippen molar-refractivity contribution in [2.75, 3.05) is 0 Å². The van der Waals surface area contributed by atoms with E-state index >= 15 is 0 Å². The molecule has 0 radical (unpaired) electrons. The number of benzene rings is 2. The molecule has 1 aliphatic rings. The van der Waals surface area contributed by atoms with Gasteiger partial charge < -0.3 is 14.2 Å². The number of nitrogens with zero attached hydrogens (tertiary/aromatic N) is 1. The standard InChI is InChI=1S/C20H13Cl2NO6/c1-10(24)27-16-7-6-12(9-17(16)28-11(2)25)8-15-20(26)29-19(23-15)13-4-3-5-14(21)18(13)22/h3-9H,1-2H3/b15-8-. The van der Waals surface area contributed by atoms with Crippen LogP contribution in [0.25, 0.3) is 6.08 Å². The Morgan fingerprint density at radius 1 is 1.03 bits per heavy atom. The van der Waals surface area contributed by atoms with Crippen molar-refractivity contribution in [3.63, 3.8) is 0 Å². The van der Waals surface area contributed by atoms with Crippen molar-refractivity contribution >= 4 is 53.1 Å². The number of rotatable bonds is 4. The second kappa shape index (κ2) is 8.46. The first-order valence-corrected chi connectivity index (χ1v) is 8.98. The van der Waals surface area contributed by atoms with Crippen molar-refractivity contribution in [3.05, 3.63) is 63.3 Å². The maximum absolute atomic E-state index is 12.2. The van der Waals surface area contributed by atoms with Gasteiger partial charge in [0.15, 0.2) is 17.2 Å². The summed E-state index contributed by atoms with van der Waals surface area (Å²) < 4.78 is 15.3. The van der Waals surface area contributed by atoms with E-state index in [0.717, 1.165) is 0 Å². The van der Waals surface area contributed by atoms with Gasteiger partial charge in [0.2, 0.25) is 5.90 Å². The second-order valence-corrected chi connectivity index (χ2v) is 6.62. The Labute approximate surface area is 175 Å². The van der Waals surface area contributed by atoms with Crippen LogP contribution in [0, 0.1) is 0 Å². The van der Waals surface area contributed by atoms with E-state index in [0.29, 0.717) is 16.1 Å². The molecule has 0 N–H and O–H groups in total. The summed E-state index contributed by atoms with van der Waals surface area (Å²) in [4.78, 5) is 38.9. The van der Waals surface area contributed by atoms with Crippen molar-refractivity contribution in [1.29, 1.82) is 0 Å². The van der Waals surface area contributed by atoms with Crippen LogP contribution < -0.4 is 9.47 Å². The Hall–Kier alpha value is -3.16. The highest BCUT2D eigenvalue weighted by Crippen LogP contribution is 2.32. The number of carbonyl (C=O) groups is 3. The first kappa shape index (κ1) is 20.6. The predicted octanol–water partition coefficient (Wildman–Crippen LogP) is 4.19. The minimum Gasteiger partial charge on any atom is -0.423 e. The molecule has 9 heteroatoms. The Morgan fingerprint density at radius 3 is 2.41 bits per heavy atom. The van der Waals surface area contributed by atoms with E-state index in [2.05, 4.69) is 4.99 Å². The van der Waals surface area contributed by atoms with Crippen molar-refractivity contribution in [2.45, 2.75) is 13.8 Å². The lowest BCUT2D eigenvalue weighted by atomic mass is 10.1. The van der Waals surface area contributed by atoms with Gasteiger partial charge in [-0.1, -0.05) is 35.3 Å². The number of esters is 3. The fourth-order valence-corrected chi connectivity index (χ4v) is 2.82. The van der Waals surface area contributed by atoms with Crippen LogP contribution in [0.1, 0.15) is 25.0 Å². The Balaban J connectivity index is 1.97. The molecule has 2 aromatic carbocycles. The van der Waals surface area contributed by atoms with Crippen LogP contribution in [-0.4, -0.2) is 23.8 Å². The number of halogens is 2. The lowest BCUT2D eigenvalue weighted by Crippen LogP contribution is -2.07. The molecular formula is C20H13Cl2NO6. The van der Waals surface area contributed by atoms with Crippen molar-refractivity contribution in [1.82, 2.24) is 0 Å². The molecule has 0 aliphatic carbocycles. The third-order valence-corrected chi connectivity index (χ3v) is 4.40. The van der Waals surface area contributed by atoms with Crippen molar-refractivity contribution in [3.8, 4) is 11.5 Å². The van der Waals surface area contributed by atoms with E-state index in [9.17, 15) is 14.4 Å². The third kappa shape index (κ3) is 4.82. The Morgan fingerprint density at radius 2 is 1.72 bits per heavy atom. The maximum Gasteiger partial charge on any atom is 0.363 e. The zero-order valence-electron chi connectivity index (χ0n) is 15.2. The van der Waals surface area contributed by atoms with Crippen LogP contribution >= 0.6 is 23.2 Å². The molecule has 3 rings (SSSR count). The SMILES string of the molecule is CC(=O)Oc1ccc(/C=C2\N=C(c3cccc(Cl)c3Cl)OC2=O)cc1OC(C)=O. The van der Waals surface area contributed by atoms with Crippen LogP contribution in [0.3, 0.4) is 0 Å². The lowest BCUT2D eigenvalue weighted by molar-refractivity contribution is -0.134. The second-order valence-electron chi connectivity index (χ2n) is 5.83. The van der Waals surface area contributed by atoms with Crippen LogP contribution in [0.5, 0.6) is 11.5 Å². The van der Waals surface area contributed by atoms with Gasteiger partial charge in [-0.25, -0.2) is 9.79 Å². The third-order valence-electron chi connectivity index (χ3n) is 3.58. The summed E-state index contributed by atoms with van der Waals surface area (Å²) in [6.07, 6.45) is 1.43. The van der Waals surface area contributed by atoms with Gasteiger partial charge in [0.25, 0.3) is 0 Å². The molecule has 0 fully saturated rings. The van der Waals surface area contributed by atoms with Gasteiger partial charge in [-0.05, 0) is 35.9 Å². The van der Waals surface area contributed by atoms with Gasteiger partial charge in [0, 0.05) is 13.8 Å². The topological polar surface area (TPSA) is 91.3 Å². The first-order valence-electron chi connectivity index (χ1n) is 8.22. The fraction of sp³-hybridized carbons (Fsp3) is 0.100. The number of hydrogen-bond donors (Lipinski definition) is 0. The van der Waals surface area contributed by atoms with E-state index in [-0.39, 0.29) is 28.1 Å². The summed E-state index contributed by atoms with van der Waals surface area (Å²) in [6, 6.07) is 9.30. The maximum atomic E-state index is 12.2. The van der Waals surface area contributed by atoms with E-state index in [1.165, 1.54) is 32.1 Å². The normalized spacial score (nSPS) is 14.4. The summed E-state index contributed by atoms with van der Waals surface area (Å²) in [5, 5.41) is 0.511. The van der Waals surface area contributed by atoms with E-state index in [1.54, 1.807) is 24.3 Å². The van der Waals surface area contributed by atoms with Crippen LogP contribution in [0.4, 0.5) is 0 Å². The number of aliphatic imine (C=N–C) groups is 1. The molecule has 0 saturated heterocycles. The monoisotopic (exact) mass is 433 g/mol. The van der Waals surface area contributed by atoms with Gasteiger partial charge >= 0.3 is 17.9 Å². The summed E-state index contributed by atoms with van der Waals surface area (Å²) >= 11 is 12.1. The molecule has 148 valence electrons. The zero-order valence-corrected chi connectivity index (χ0v) is 16.7. The number of cyclic esters (lactones) is 1. The van der Waals surface area contributed by atoms with Gasteiger partial charge in [0.05, 0.1) is 15.6 Å². The molecule has 0 saturated carbocycles. The molecule has 29 heavy (non-hydrogen) atoms. The lowest BCUT2D eigenvalue weighted by Gasteiger charge is -2.09. The van der Waals surface area contributed by atoms with E-state index in [1.807, 2.05) is 0 Å². The molecule has 1 heterocycles. The van der Waals surface area contributed by atoms with E-state index in [4.69, 9.17) is 37.4 Å². The predicted molar refractivity (Wildman–Crippen MR) is 106 cm³/mol. The smallest absolute Gasteiger partial charge is 0.363 e. The molecule has 0 atom stereocenters. The highest BCUT2D eigenvalue weighted by atomic mass is 35.5. The molecule has 7 nitrogen and oxygen atoms in total. The van der Waals surface area contributed by atoms with Gasteiger partial charge in [-0.3, -0.25) is 9.59 Å². The van der Waals surface area contributed by atoms with Gasteiger partial charge in [-0.15, -0.1) is 0 Å². The molecule has 2 aromatic rings. The molecule has 0 unspecified atom stereocenters. The fourth-order valence-electron chi connectivity index (χ4n) is 2.44. The average molecular weight is 434 g/mol. The number of carbonyl (C=O) groups excluding carboxylic acids is 3. The largest absolute Gasteiger partial charge is 0.423 e. The quantitative estimate of drug-likeness (QED) is 0.407. The van der Waals surface area contributed by atoms with Crippen LogP contribution in [0.15, 0.2) is 47.1 Å². The summed E-state index contributed by atoms with van der Waals surface area (Å²) in [5.41, 5.74) is 0.845. The first-order chi connectivity index (χ1) is 13.7. The van der Waals surface area contributed by atoms with Crippen LogP contribution in [-0.2, 0) is 19.1 Å². The number of hydrogen-bond acceptors (Lipinski definition) is 7. The van der Waals surface area contributed by atoms with Crippen LogP contribution in [0.2, 0.25) is 10.0 Å². The molecule has 1 aliphatic heterocycles. The summed E-state index contributed by atoms with van der Waals surface area (Å²) in [7, 11) is 0. The highest BCUT2D eigenvalue weighted by molar-refractivity contribution is 6.44. The van der Waals surface area contributed by atoms with Gasteiger partial charge in [0.1, 0.15) is 0 Å². The van der Waals surface area contributed by atoms with Crippen molar-refractivity contribution in [2.24, 2.45) is 4.99 Å². The van der Waals surface area contributed by atoms with E-state index < -0.39 is 17.9 Å². The molecule has 0 bridgehead atoms. The molecule has 0 amide bonds. The molecule has 0 spiro atoms. The highest BCUT2D eigenvalue weighted by Gasteiger charge is 2.26. The zero-order chi connectivity index (χ0) is 21.1. The van der Waals surface area contributed by atoms with Crippen molar-refractivity contribution < 1.29 is 28.6 Å². The molecular weight excluding hydrogens is 421 g/mol. The minimum absolute atomic E-state index is 0.00468. The molecule has 0 aromatic heterocycles. The minimum atomic E-state index is -0.686. The average Bonchev–Trinajstić information content (AvgIpc) is 2.99. The Kier molecular flexibility index (Phi) is 6.00. The Bertz CT molecular complexity index is 1090. The summed E-state index contributed by atoms with van der Waals surface area (Å²) in [6.45, 7) is 2.43. The summed E-state index contributed by atoms with van der Waals surface area (Å²) in [5.74, 6) is -1.75. The number of ether oxygens (including phenoxy) is 3.